The van der Waals surface area contributed by atoms with Gasteiger partial charge in [-0.1, -0.05) is 13.8 Å². The first-order valence-corrected chi connectivity index (χ1v) is 3.86. The zero-order valence-electron chi connectivity index (χ0n) is 7.37. The van der Waals surface area contributed by atoms with Crippen molar-refractivity contribution < 1.29 is 4.39 Å². The summed E-state index contributed by atoms with van der Waals surface area (Å²) in [5.41, 5.74) is 0.897. The third-order valence-corrected chi connectivity index (χ3v) is 1.68. The molecule has 0 aromatic heterocycles. The smallest absolute Gasteiger partial charge is 0.0957 e. The van der Waals surface area contributed by atoms with Crippen LogP contribution in [0.5, 0.6) is 0 Å². The SMILES string of the molecule is C/C(F)=C(/C)CCC(C)C. The van der Waals surface area contributed by atoms with E-state index in [4.69, 9.17) is 0 Å². The summed E-state index contributed by atoms with van der Waals surface area (Å²) in [6.45, 7) is 7.69. The predicted molar refractivity (Wildman–Crippen MR) is 43.6 cm³/mol. The molecule has 0 unspecified atom stereocenters. The van der Waals surface area contributed by atoms with E-state index in [2.05, 4.69) is 13.8 Å². The van der Waals surface area contributed by atoms with Crippen LogP contribution in [0.25, 0.3) is 0 Å². The lowest BCUT2D eigenvalue weighted by molar-refractivity contribution is 0.562. The maximum absolute atomic E-state index is 12.4. The first kappa shape index (κ1) is 9.67. The summed E-state index contributed by atoms with van der Waals surface area (Å²) in [4.78, 5) is 0. The monoisotopic (exact) mass is 144 g/mol. The van der Waals surface area contributed by atoms with E-state index in [1.165, 1.54) is 6.92 Å². The van der Waals surface area contributed by atoms with E-state index in [-0.39, 0.29) is 5.83 Å². The van der Waals surface area contributed by atoms with E-state index < -0.39 is 0 Å². The number of hydrogen-bond donors (Lipinski definition) is 0. The number of rotatable bonds is 3. The van der Waals surface area contributed by atoms with E-state index in [1.807, 2.05) is 6.92 Å². The zero-order chi connectivity index (χ0) is 8.15. The topological polar surface area (TPSA) is 0 Å². The highest BCUT2D eigenvalue weighted by Crippen LogP contribution is 2.14. The van der Waals surface area contributed by atoms with Crippen LogP contribution in [0.1, 0.15) is 40.5 Å². The van der Waals surface area contributed by atoms with Gasteiger partial charge in [-0.3, -0.25) is 0 Å². The molecule has 0 aromatic carbocycles. The van der Waals surface area contributed by atoms with Crippen LogP contribution in [-0.4, -0.2) is 0 Å². The van der Waals surface area contributed by atoms with Gasteiger partial charge in [0.2, 0.25) is 0 Å². The van der Waals surface area contributed by atoms with Crippen molar-refractivity contribution in [3.8, 4) is 0 Å². The van der Waals surface area contributed by atoms with Crippen molar-refractivity contribution in [2.24, 2.45) is 5.92 Å². The van der Waals surface area contributed by atoms with Crippen LogP contribution < -0.4 is 0 Å². The average molecular weight is 144 g/mol. The number of hydrogen-bond acceptors (Lipinski definition) is 0. The highest BCUT2D eigenvalue weighted by molar-refractivity contribution is 5.01. The van der Waals surface area contributed by atoms with Gasteiger partial charge in [-0.15, -0.1) is 0 Å². The van der Waals surface area contributed by atoms with Gasteiger partial charge in [-0.2, -0.15) is 0 Å². The van der Waals surface area contributed by atoms with Crippen LogP contribution >= 0.6 is 0 Å². The Morgan fingerprint density at radius 2 is 1.80 bits per heavy atom. The predicted octanol–water partition coefficient (Wildman–Crippen LogP) is 3.69. The molecule has 0 fully saturated rings. The Hall–Kier alpha value is -0.330. The Balaban J connectivity index is 3.60. The van der Waals surface area contributed by atoms with Crippen LogP contribution in [0, 0.1) is 5.92 Å². The highest BCUT2D eigenvalue weighted by Gasteiger charge is 1.97. The van der Waals surface area contributed by atoms with Crippen LogP contribution in [0.2, 0.25) is 0 Å². The second kappa shape index (κ2) is 4.48. The maximum Gasteiger partial charge on any atom is 0.0957 e. The maximum atomic E-state index is 12.4. The Morgan fingerprint density at radius 1 is 1.30 bits per heavy atom. The summed E-state index contributed by atoms with van der Waals surface area (Å²) >= 11 is 0. The molecular formula is C9H17F. The third-order valence-electron chi connectivity index (χ3n) is 1.68. The molecule has 0 rings (SSSR count). The molecule has 0 heterocycles. The third kappa shape index (κ3) is 4.54. The summed E-state index contributed by atoms with van der Waals surface area (Å²) < 4.78 is 12.4. The minimum absolute atomic E-state index is 0.0133. The van der Waals surface area contributed by atoms with Gasteiger partial charge in [0.15, 0.2) is 0 Å². The van der Waals surface area contributed by atoms with Crippen molar-refractivity contribution in [2.75, 3.05) is 0 Å². The average Bonchev–Trinajstić information content (AvgIpc) is 1.82. The molecule has 0 radical (unpaired) electrons. The highest BCUT2D eigenvalue weighted by atomic mass is 19.1. The van der Waals surface area contributed by atoms with Crippen LogP contribution in [0.4, 0.5) is 4.39 Å². The Bertz CT molecular complexity index is 119. The number of halogens is 1. The first-order chi connectivity index (χ1) is 4.54. The minimum Gasteiger partial charge on any atom is -0.212 e. The quantitative estimate of drug-likeness (QED) is 0.566. The van der Waals surface area contributed by atoms with Gasteiger partial charge in [0.25, 0.3) is 0 Å². The molecule has 0 aliphatic carbocycles. The van der Waals surface area contributed by atoms with E-state index in [1.54, 1.807) is 0 Å². The summed E-state index contributed by atoms with van der Waals surface area (Å²) in [7, 11) is 0. The molecule has 0 amide bonds. The van der Waals surface area contributed by atoms with E-state index in [0.717, 1.165) is 18.4 Å². The Labute approximate surface area is 63.1 Å². The molecule has 0 aromatic rings. The lowest BCUT2D eigenvalue weighted by Gasteiger charge is -2.03. The first-order valence-electron chi connectivity index (χ1n) is 3.86. The van der Waals surface area contributed by atoms with Gasteiger partial charge in [-0.25, -0.2) is 4.39 Å². The van der Waals surface area contributed by atoms with Gasteiger partial charge in [0, 0.05) is 0 Å². The molecule has 0 saturated heterocycles. The van der Waals surface area contributed by atoms with Crippen molar-refractivity contribution in [2.45, 2.75) is 40.5 Å². The van der Waals surface area contributed by atoms with Crippen molar-refractivity contribution in [1.82, 2.24) is 0 Å². The largest absolute Gasteiger partial charge is 0.212 e. The van der Waals surface area contributed by atoms with Crippen molar-refractivity contribution >= 4 is 0 Å². The molecule has 0 saturated carbocycles. The fourth-order valence-corrected chi connectivity index (χ4v) is 0.677. The summed E-state index contributed by atoms with van der Waals surface area (Å²) in [6.07, 6.45) is 1.99. The van der Waals surface area contributed by atoms with Crippen molar-refractivity contribution in [3.63, 3.8) is 0 Å². The Morgan fingerprint density at radius 3 is 2.10 bits per heavy atom. The van der Waals surface area contributed by atoms with E-state index in [0.29, 0.717) is 5.92 Å². The van der Waals surface area contributed by atoms with Crippen LogP contribution in [-0.2, 0) is 0 Å². The second-order valence-corrected chi connectivity index (χ2v) is 3.25. The fraction of sp³-hybridized carbons (Fsp3) is 0.778. The molecule has 0 spiro atoms. The lowest BCUT2D eigenvalue weighted by Crippen LogP contribution is -1.88. The van der Waals surface area contributed by atoms with Gasteiger partial charge in [0.05, 0.1) is 5.83 Å². The van der Waals surface area contributed by atoms with Crippen molar-refractivity contribution in [3.05, 3.63) is 11.4 Å². The minimum atomic E-state index is -0.0133. The molecule has 0 aliphatic heterocycles. The molecule has 0 nitrogen and oxygen atoms in total. The van der Waals surface area contributed by atoms with Gasteiger partial charge in [0.1, 0.15) is 0 Å². The number of allylic oxidation sites excluding steroid dienone is 2. The Kier molecular flexibility index (Phi) is 4.33. The van der Waals surface area contributed by atoms with Crippen LogP contribution in [0.15, 0.2) is 11.4 Å². The summed E-state index contributed by atoms with van der Waals surface area (Å²) in [5, 5.41) is 0. The van der Waals surface area contributed by atoms with E-state index in [9.17, 15) is 4.39 Å². The molecule has 60 valence electrons. The van der Waals surface area contributed by atoms with Gasteiger partial charge >= 0.3 is 0 Å². The van der Waals surface area contributed by atoms with Gasteiger partial charge < -0.3 is 0 Å². The standard InChI is InChI=1S/C9H17F/c1-7(2)5-6-8(3)9(4)10/h7H,5-6H2,1-4H3/b9-8+. The van der Waals surface area contributed by atoms with E-state index >= 15 is 0 Å². The van der Waals surface area contributed by atoms with Gasteiger partial charge in [-0.05, 0) is 38.2 Å². The fourth-order valence-electron chi connectivity index (χ4n) is 0.677. The summed E-state index contributed by atoms with van der Waals surface area (Å²) in [6, 6.07) is 0. The van der Waals surface area contributed by atoms with Crippen molar-refractivity contribution in [1.29, 1.82) is 0 Å². The molecule has 1 heteroatoms. The molecule has 0 atom stereocenters. The molecule has 0 aliphatic rings. The molecule has 10 heavy (non-hydrogen) atoms. The van der Waals surface area contributed by atoms with Crippen LogP contribution in [0.3, 0.4) is 0 Å². The summed E-state index contributed by atoms with van der Waals surface area (Å²) in [5.74, 6) is 0.662. The lowest BCUT2D eigenvalue weighted by atomic mass is 10.0. The molecular weight excluding hydrogens is 127 g/mol. The second-order valence-electron chi connectivity index (χ2n) is 3.25. The molecule has 0 bridgehead atoms. The zero-order valence-corrected chi connectivity index (χ0v) is 7.37. The normalized spacial score (nSPS) is 13.8. The molecule has 0 N–H and O–H groups in total.